The van der Waals surface area contributed by atoms with E-state index in [1.165, 1.54) is 0 Å². The second-order valence-corrected chi connectivity index (χ2v) is 6.93. The number of aryl methyl sites for hydroxylation is 1. The summed E-state index contributed by atoms with van der Waals surface area (Å²) in [6.07, 6.45) is 4.00. The molecular weight excluding hydrogens is 399 g/mol. The van der Waals surface area contributed by atoms with Crippen molar-refractivity contribution < 1.29 is 9.36 Å². The Morgan fingerprint density at radius 3 is 2.75 bits per heavy atom. The number of rotatable bonds is 6. The number of pyridine rings is 1. The smallest absolute Gasteiger partial charge is 0.254 e. The summed E-state index contributed by atoms with van der Waals surface area (Å²) in [5, 5.41) is 3.78. The zero-order valence-corrected chi connectivity index (χ0v) is 16.3. The predicted molar refractivity (Wildman–Crippen MR) is 107 cm³/mol. The van der Waals surface area contributed by atoms with E-state index in [1.807, 2.05) is 30.3 Å². The normalized spacial score (nSPS) is 11.1. The van der Waals surface area contributed by atoms with Crippen molar-refractivity contribution in [2.75, 3.05) is 6.54 Å². The fourth-order valence-corrected chi connectivity index (χ4v) is 3.26. The number of halogens is 2. The molecule has 1 amide bonds. The van der Waals surface area contributed by atoms with Gasteiger partial charge in [0.2, 0.25) is 6.33 Å². The van der Waals surface area contributed by atoms with E-state index in [0.717, 1.165) is 5.56 Å². The van der Waals surface area contributed by atoms with Crippen LogP contribution in [0.1, 0.15) is 16.8 Å². The Morgan fingerprint density at radius 1 is 1.18 bits per heavy atom. The zero-order valence-electron chi connectivity index (χ0n) is 14.7. The molecule has 0 aliphatic carbocycles. The molecule has 1 aromatic carbocycles. The van der Waals surface area contributed by atoms with Crippen LogP contribution in [0.5, 0.6) is 0 Å². The topological polar surface area (TPSA) is 90.3 Å². The summed E-state index contributed by atoms with van der Waals surface area (Å²) in [6, 6.07) is 11.4. The summed E-state index contributed by atoms with van der Waals surface area (Å²) >= 11 is 11.9. The number of carbonyl (C=O) groups excluding carboxylic acids is 1. The number of aromatic amines is 2. The van der Waals surface area contributed by atoms with Crippen LogP contribution in [0.4, 0.5) is 0 Å². The summed E-state index contributed by atoms with van der Waals surface area (Å²) in [7, 11) is 0. The van der Waals surface area contributed by atoms with Crippen LogP contribution in [0.3, 0.4) is 0 Å². The van der Waals surface area contributed by atoms with Crippen molar-refractivity contribution in [2.24, 2.45) is 0 Å². The highest BCUT2D eigenvalue weighted by Crippen LogP contribution is 2.21. The van der Waals surface area contributed by atoms with Crippen molar-refractivity contribution in [2.45, 2.75) is 13.0 Å². The standard InChI is InChI=1S/C19H16Cl2N6O/c20-15-16(21)27(11-24-15)10-4-8-23-19(28)13-7-9-22-18-14(13)25-17(26-18)12-5-2-1-3-6-12/h1-3,5-7,9,11H,4,8,10H2,(H2,22,23,25,26,28)/p+1. The van der Waals surface area contributed by atoms with Crippen molar-refractivity contribution in [3.8, 4) is 11.4 Å². The first-order valence-corrected chi connectivity index (χ1v) is 9.49. The second-order valence-electron chi connectivity index (χ2n) is 6.19. The molecule has 7 nitrogen and oxygen atoms in total. The van der Waals surface area contributed by atoms with Crippen LogP contribution in [0.2, 0.25) is 10.3 Å². The summed E-state index contributed by atoms with van der Waals surface area (Å²) < 4.78 is 1.79. The van der Waals surface area contributed by atoms with Crippen molar-refractivity contribution in [3.63, 3.8) is 0 Å². The maximum Gasteiger partial charge on any atom is 0.254 e. The molecule has 3 N–H and O–H groups in total. The SMILES string of the molecule is O=C(NCCC[n+]1c[nH]c(Cl)c1Cl)c1ccnc2nc(-c3ccccc3)[nH]c12. The molecule has 4 aromatic rings. The van der Waals surface area contributed by atoms with Gasteiger partial charge in [0.1, 0.15) is 5.82 Å². The van der Waals surface area contributed by atoms with Gasteiger partial charge >= 0.3 is 0 Å². The van der Waals surface area contributed by atoms with Gasteiger partial charge in [0.05, 0.1) is 17.6 Å². The number of aromatic nitrogens is 5. The molecule has 3 aromatic heterocycles. The van der Waals surface area contributed by atoms with Crippen molar-refractivity contribution in [3.05, 3.63) is 64.8 Å². The van der Waals surface area contributed by atoms with Gasteiger partial charge in [0.15, 0.2) is 5.65 Å². The quantitative estimate of drug-likeness (QED) is 0.333. The summed E-state index contributed by atoms with van der Waals surface area (Å²) in [4.78, 5) is 27.4. The number of benzene rings is 1. The minimum absolute atomic E-state index is 0.182. The zero-order chi connectivity index (χ0) is 19.5. The highest BCUT2D eigenvalue weighted by Gasteiger charge is 2.16. The molecular formula is C19H17Cl2N6O+. The van der Waals surface area contributed by atoms with E-state index >= 15 is 0 Å². The van der Waals surface area contributed by atoms with Gasteiger partial charge in [-0.15, -0.1) is 0 Å². The van der Waals surface area contributed by atoms with E-state index in [9.17, 15) is 4.79 Å². The Hall–Kier alpha value is -2.90. The van der Waals surface area contributed by atoms with Gasteiger partial charge in [0, 0.05) is 24.7 Å². The molecule has 3 heterocycles. The average Bonchev–Trinajstić information content (AvgIpc) is 3.30. The molecule has 0 aliphatic heterocycles. The molecule has 0 saturated carbocycles. The number of fused-ring (bicyclic) bond motifs is 1. The molecule has 9 heteroatoms. The number of carbonyl (C=O) groups is 1. The maximum absolute atomic E-state index is 12.6. The van der Waals surface area contributed by atoms with Crippen molar-refractivity contribution in [1.82, 2.24) is 25.3 Å². The number of H-pyrrole nitrogens is 2. The Bertz CT molecular complexity index is 1120. The van der Waals surface area contributed by atoms with Gasteiger partial charge in [0.25, 0.3) is 16.2 Å². The van der Waals surface area contributed by atoms with Crippen LogP contribution in [0, 0.1) is 0 Å². The van der Waals surface area contributed by atoms with Gasteiger partial charge < -0.3 is 10.3 Å². The minimum Gasteiger partial charge on any atom is -0.352 e. The molecule has 0 spiro atoms. The lowest BCUT2D eigenvalue weighted by molar-refractivity contribution is -0.693. The fourth-order valence-electron chi connectivity index (χ4n) is 2.92. The van der Waals surface area contributed by atoms with E-state index in [1.54, 1.807) is 23.2 Å². The minimum atomic E-state index is -0.182. The molecule has 4 rings (SSSR count). The molecule has 28 heavy (non-hydrogen) atoms. The summed E-state index contributed by atoms with van der Waals surface area (Å²) in [5.41, 5.74) is 2.57. The predicted octanol–water partition coefficient (Wildman–Crippen LogP) is 3.37. The van der Waals surface area contributed by atoms with Gasteiger partial charge in [-0.25, -0.2) is 19.5 Å². The van der Waals surface area contributed by atoms with E-state index in [0.29, 0.717) is 52.4 Å². The fraction of sp³-hybridized carbons (Fsp3) is 0.158. The van der Waals surface area contributed by atoms with Crippen LogP contribution in [-0.2, 0) is 6.54 Å². The second kappa shape index (κ2) is 8.00. The number of hydrogen-bond acceptors (Lipinski definition) is 3. The van der Waals surface area contributed by atoms with Crippen molar-refractivity contribution in [1.29, 1.82) is 0 Å². The average molecular weight is 416 g/mol. The lowest BCUT2D eigenvalue weighted by atomic mass is 10.2. The van der Waals surface area contributed by atoms with Crippen LogP contribution >= 0.6 is 23.2 Å². The van der Waals surface area contributed by atoms with E-state index in [-0.39, 0.29) is 5.91 Å². The van der Waals surface area contributed by atoms with Gasteiger partial charge in [-0.05, 0) is 29.3 Å². The Balaban J connectivity index is 1.45. The highest BCUT2D eigenvalue weighted by molar-refractivity contribution is 6.39. The molecule has 0 fully saturated rings. The van der Waals surface area contributed by atoms with E-state index in [2.05, 4.69) is 25.3 Å². The lowest BCUT2D eigenvalue weighted by Crippen LogP contribution is -2.35. The number of imidazole rings is 2. The van der Waals surface area contributed by atoms with Gasteiger partial charge in [-0.1, -0.05) is 30.3 Å². The third kappa shape index (κ3) is 3.72. The lowest BCUT2D eigenvalue weighted by Gasteiger charge is -2.05. The number of hydrogen-bond donors (Lipinski definition) is 3. The molecule has 0 atom stereocenters. The van der Waals surface area contributed by atoms with E-state index < -0.39 is 0 Å². The van der Waals surface area contributed by atoms with Crippen LogP contribution in [-0.4, -0.2) is 32.4 Å². The maximum atomic E-state index is 12.6. The largest absolute Gasteiger partial charge is 0.352 e. The molecule has 142 valence electrons. The summed E-state index contributed by atoms with van der Waals surface area (Å²) in [6.45, 7) is 1.13. The van der Waals surface area contributed by atoms with Crippen molar-refractivity contribution >= 4 is 40.3 Å². The molecule has 0 aliphatic rings. The first kappa shape index (κ1) is 18.5. The molecule has 0 bridgehead atoms. The van der Waals surface area contributed by atoms with Crippen LogP contribution in [0.15, 0.2) is 48.9 Å². The first-order chi connectivity index (χ1) is 13.6. The number of nitrogens with one attached hydrogen (secondary N) is 3. The van der Waals surface area contributed by atoms with E-state index in [4.69, 9.17) is 23.2 Å². The van der Waals surface area contributed by atoms with Gasteiger partial charge in [-0.3, -0.25) is 4.79 Å². The summed E-state index contributed by atoms with van der Waals surface area (Å²) in [5.74, 6) is 0.498. The molecule has 0 radical (unpaired) electrons. The van der Waals surface area contributed by atoms with Crippen LogP contribution < -0.4 is 9.88 Å². The van der Waals surface area contributed by atoms with Crippen LogP contribution in [0.25, 0.3) is 22.6 Å². The number of nitrogens with zero attached hydrogens (tertiary/aromatic N) is 3. The van der Waals surface area contributed by atoms with Gasteiger partial charge in [-0.2, -0.15) is 0 Å². The number of amides is 1. The Labute approximate surface area is 170 Å². The highest BCUT2D eigenvalue weighted by atomic mass is 35.5. The molecule has 0 unspecified atom stereocenters. The monoisotopic (exact) mass is 415 g/mol. The third-order valence-corrected chi connectivity index (χ3v) is 5.12. The first-order valence-electron chi connectivity index (χ1n) is 8.73. The molecule has 0 saturated heterocycles. The Kier molecular flexibility index (Phi) is 5.27. The third-order valence-electron chi connectivity index (χ3n) is 4.33. The Morgan fingerprint density at radius 2 is 2.00 bits per heavy atom.